The average molecular weight is 367 g/mol. The summed E-state index contributed by atoms with van der Waals surface area (Å²) in [6.45, 7) is 0. The van der Waals surface area contributed by atoms with Gasteiger partial charge in [0.1, 0.15) is 17.3 Å². The highest BCUT2D eigenvalue weighted by Crippen LogP contribution is 2.35. The molecule has 2 aromatic carbocycles. The molecule has 4 rings (SSSR count). The molecule has 1 aromatic heterocycles. The Morgan fingerprint density at radius 2 is 1.88 bits per heavy atom. The minimum Gasteiger partial charge on any atom is -0.465 e. The maximum absolute atomic E-state index is 12.4. The fourth-order valence-corrected chi connectivity index (χ4v) is 2.61. The van der Waals surface area contributed by atoms with Crippen LogP contribution in [0.1, 0.15) is 26.5 Å². The van der Waals surface area contributed by atoms with E-state index in [4.69, 9.17) is 25.5 Å². The van der Waals surface area contributed by atoms with Gasteiger partial charge in [-0.3, -0.25) is 4.79 Å². The lowest BCUT2D eigenvalue weighted by molar-refractivity contribution is 0.0734. The Balaban J connectivity index is 1.55. The molecule has 0 amide bonds. The number of esters is 1. The van der Waals surface area contributed by atoms with Gasteiger partial charge < -0.3 is 13.9 Å². The van der Waals surface area contributed by atoms with Gasteiger partial charge in [0.25, 0.3) is 0 Å². The maximum atomic E-state index is 12.4. The van der Waals surface area contributed by atoms with Gasteiger partial charge in [-0.2, -0.15) is 0 Å². The Labute approximate surface area is 153 Å². The Hall–Kier alpha value is -3.31. The van der Waals surface area contributed by atoms with Crippen LogP contribution in [0.15, 0.2) is 71.0 Å². The normalized spacial score (nSPS) is 14.2. The van der Waals surface area contributed by atoms with Gasteiger partial charge in [0, 0.05) is 17.2 Å². The summed E-state index contributed by atoms with van der Waals surface area (Å²) in [7, 11) is 0. The van der Waals surface area contributed by atoms with Gasteiger partial charge in [-0.05, 0) is 48.5 Å². The quantitative estimate of drug-likeness (QED) is 0.379. The summed E-state index contributed by atoms with van der Waals surface area (Å²) >= 11 is 5.81. The topological polar surface area (TPSA) is 65.7 Å². The van der Waals surface area contributed by atoms with Crippen molar-refractivity contribution >= 4 is 29.4 Å². The molecular weight excluding hydrogens is 356 g/mol. The lowest BCUT2D eigenvalue weighted by Crippen LogP contribution is -2.08. The lowest BCUT2D eigenvalue weighted by atomic mass is 10.1. The van der Waals surface area contributed by atoms with Crippen molar-refractivity contribution in [1.82, 2.24) is 0 Å². The van der Waals surface area contributed by atoms with Gasteiger partial charge >= 0.3 is 5.97 Å². The minimum absolute atomic E-state index is 0.149. The monoisotopic (exact) mass is 366 g/mol. The van der Waals surface area contributed by atoms with Crippen molar-refractivity contribution < 1.29 is 23.5 Å². The first-order valence-corrected chi connectivity index (χ1v) is 8.07. The number of hydrogen-bond donors (Lipinski definition) is 0. The number of halogens is 1. The molecule has 0 N–H and O–H groups in total. The van der Waals surface area contributed by atoms with Crippen molar-refractivity contribution in [3.8, 4) is 11.5 Å². The molecule has 26 heavy (non-hydrogen) atoms. The van der Waals surface area contributed by atoms with E-state index in [9.17, 15) is 9.59 Å². The van der Waals surface area contributed by atoms with E-state index in [2.05, 4.69) is 0 Å². The predicted molar refractivity (Wildman–Crippen MR) is 94.5 cm³/mol. The predicted octanol–water partition coefficient (Wildman–Crippen LogP) is 4.77. The van der Waals surface area contributed by atoms with Crippen LogP contribution in [0.4, 0.5) is 0 Å². The number of allylic oxidation sites excluding steroid dienone is 1. The second kappa shape index (κ2) is 6.54. The van der Waals surface area contributed by atoms with E-state index in [0.717, 1.165) is 0 Å². The first kappa shape index (κ1) is 16.2. The van der Waals surface area contributed by atoms with Gasteiger partial charge in [-0.25, -0.2) is 4.79 Å². The number of Topliss-reactive ketones (excluding diaryl/α,β-unsaturated/α-hetero) is 1. The van der Waals surface area contributed by atoms with Gasteiger partial charge in [0.15, 0.2) is 5.76 Å². The highest BCUT2D eigenvalue weighted by molar-refractivity contribution is 6.30. The molecule has 1 aliphatic heterocycles. The summed E-state index contributed by atoms with van der Waals surface area (Å²) in [4.78, 5) is 24.5. The number of furan rings is 1. The Morgan fingerprint density at radius 1 is 1.08 bits per heavy atom. The largest absolute Gasteiger partial charge is 0.465 e. The first-order chi connectivity index (χ1) is 12.6. The van der Waals surface area contributed by atoms with Crippen molar-refractivity contribution in [3.05, 3.63) is 88.5 Å². The van der Waals surface area contributed by atoms with Crippen molar-refractivity contribution in [2.24, 2.45) is 0 Å². The number of carbonyl (C=O) groups is 2. The van der Waals surface area contributed by atoms with Crippen LogP contribution in [0, 0.1) is 0 Å². The average Bonchev–Trinajstić information content (AvgIpc) is 3.24. The van der Waals surface area contributed by atoms with Gasteiger partial charge in [0.2, 0.25) is 5.78 Å². The molecule has 0 fully saturated rings. The number of carbonyl (C=O) groups excluding carboxylic acids is 2. The zero-order valence-electron chi connectivity index (χ0n) is 13.3. The van der Waals surface area contributed by atoms with E-state index in [-0.39, 0.29) is 17.3 Å². The Bertz CT molecular complexity index is 1020. The molecule has 0 aliphatic carbocycles. The summed E-state index contributed by atoms with van der Waals surface area (Å²) in [5, 5.41) is 0.530. The van der Waals surface area contributed by atoms with Crippen LogP contribution in [0.5, 0.6) is 11.5 Å². The van der Waals surface area contributed by atoms with Crippen molar-refractivity contribution in [2.75, 3.05) is 0 Å². The van der Waals surface area contributed by atoms with Crippen molar-refractivity contribution in [3.63, 3.8) is 0 Å². The number of ketones is 1. The summed E-state index contributed by atoms with van der Waals surface area (Å²) in [5.41, 5.74) is 0.763. The van der Waals surface area contributed by atoms with Crippen LogP contribution < -0.4 is 9.47 Å². The summed E-state index contributed by atoms with van der Waals surface area (Å²) < 4.78 is 16.1. The second-order valence-corrected chi connectivity index (χ2v) is 5.95. The zero-order chi connectivity index (χ0) is 18.1. The molecule has 1 aliphatic rings. The second-order valence-electron chi connectivity index (χ2n) is 5.51. The van der Waals surface area contributed by atoms with Gasteiger partial charge in [0.05, 0.1) is 17.4 Å². The van der Waals surface area contributed by atoms with E-state index < -0.39 is 5.97 Å². The van der Waals surface area contributed by atoms with Crippen molar-refractivity contribution in [2.45, 2.75) is 0 Å². The molecule has 5 nitrogen and oxygen atoms in total. The molecule has 0 bridgehead atoms. The lowest BCUT2D eigenvalue weighted by Gasteiger charge is -2.05. The van der Waals surface area contributed by atoms with Crippen LogP contribution >= 0.6 is 11.6 Å². The third kappa shape index (κ3) is 3.12. The van der Waals surface area contributed by atoms with Crippen LogP contribution in [0.2, 0.25) is 5.02 Å². The SMILES string of the molecule is O=C(Oc1ccc2c(c1)OC(=Cc1ccco1)C2=O)c1ccc(Cl)cc1. The fourth-order valence-electron chi connectivity index (χ4n) is 2.49. The smallest absolute Gasteiger partial charge is 0.343 e. The number of rotatable bonds is 3. The van der Waals surface area contributed by atoms with Crippen LogP contribution in [0.3, 0.4) is 0 Å². The Kier molecular flexibility index (Phi) is 4.07. The van der Waals surface area contributed by atoms with E-state index in [0.29, 0.717) is 27.7 Å². The molecule has 0 spiro atoms. The van der Waals surface area contributed by atoms with Crippen LogP contribution in [-0.4, -0.2) is 11.8 Å². The van der Waals surface area contributed by atoms with Gasteiger partial charge in [-0.15, -0.1) is 0 Å². The molecule has 0 radical (unpaired) electrons. The maximum Gasteiger partial charge on any atom is 0.343 e. The summed E-state index contributed by atoms with van der Waals surface area (Å²) in [5.74, 6) is 0.473. The number of fused-ring (bicyclic) bond motifs is 1. The van der Waals surface area contributed by atoms with Gasteiger partial charge in [-0.1, -0.05) is 11.6 Å². The number of ether oxygens (including phenoxy) is 2. The standard InChI is InChI=1S/C20H11ClO5/c21-13-5-3-12(4-6-13)20(23)25-15-7-8-16-17(11-15)26-18(19(16)22)10-14-2-1-9-24-14/h1-11H. The molecule has 0 unspecified atom stereocenters. The van der Waals surface area contributed by atoms with E-state index in [1.807, 2.05) is 0 Å². The van der Waals surface area contributed by atoms with Crippen LogP contribution in [0.25, 0.3) is 6.08 Å². The van der Waals surface area contributed by atoms with E-state index in [1.54, 1.807) is 48.5 Å². The molecule has 0 saturated heterocycles. The van der Waals surface area contributed by atoms with E-state index >= 15 is 0 Å². The molecule has 6 heteroatoms. The Morgan fingerprint density at radius 3 is 2.62 bits per heavy atom. The van der Waals surface area contributed by atoms with Crippen LogP contribution in [-0.2, 0) is 0 Å². The first-order valence-electron chi connectivity index (χ1n) is 7.70. The molecule has 0 saturated carbocycles. The van der Waals surface area contributed by atoms with E-state index in [1.165, 1.54) is 18.4 Å². The molecular formula is C20H11ClO5. The fraction of sp³-hybridized carbons (Fsp3) is 0. The third-order valence-electron chi connectivity index (χ3n) is 3.75. The number of hydrogen-bond acceptors (Lipinski definition) is 5. The molecule has 128 valence electrons. The molecule has 3 aromatic rings. The highest BCUT2D eigenvalue weighted by Gasteiger charge is 2.28. The minimum atomic E-state index is -0.530. The summed E-state index contributed by atoms with van der Waals surface area (Å²) in [6.07, 6.45) is 3.02. The zero-order valence-corrected chi connectivity index (χ0v) is 14.0. The third-order valence-corrected chi connectivity index (χ3v) is 4.00. The molecule has 2 heterocycles. The highest BCUT2D eigenvalue weighted by atomic mass is 35.5. The summed E-state index contributed by atoms with van der Waals surface area (Å²) in [6, 6.07) is 14.4. The number of benzene rings is 2. The van der Waals surface area contributed by atoms with Crippen molar-refractivity contribution in [1.29, 1.82) is 0 Å². The molecule has 0 atom stereocenters.